The van der Waals surface area contributed by atoms with Gasteiger partial charge in [-0.15, -0.1) is 0 Å². The van der Waals surface area contributed by atoms with Crippen LogP contribution in [0.25, 0.3) is 0 Å². The Hall–Kier alpha value is -1.84. The van der Waals surface area contributed by atoms with Gasteiger partial charge in [-0.3, -0.25) is 9.59 Å². The summed E-state index contributed by atoms with van der Waals surface area (Å²) in [4.78, 5) is 24.1. The van der Waals surface area contributed by atoms with Crippen LogP contribution in [0.4, 0.5) is 0 Å². The molecule has 114 valence electrons. The highest BCUT2D eigenvalue weighted by Crippen LogP contribution is 2.14. The van der Waals surface area contributed by atoms with Crippen molar-refractivity contribution >= 4 is 35.0 Å². The van der Waals surface area contributed by atoms with Gasteiger partial charge in [-0.05, 0) is 36.8 Å². The number of hydrogen-bond donors (Lipinski definition) is 0. The molecule has 3 nitrogen and oxygen atoms in total. The maximum absolute atomic E-state index is 12.2. The topological polar surface area (TPSA) is 43.4 Å². The summed E-state index contributed by atoms with van der Waals surface area (Å²) in [6.07, 6.45) is -0.775. The molecule has 1 unspecified atom stereocenters. The zero-order valence-corrected chi connectivity index (χ0v) is 13.4. The molecule has 0 spiro atoms. The highest BCUT2D eigenvalue weighted by molar-refractivity contribution is 6.31. The van der Waals surface area contributed by atoms with Crippen molar-refractivity contribution in [1.82, 2.24) is 0 Å². The third-order valence-corrected chi connectivity index (χ3v) is 3.54. The first kappa shape index (κ1) is 16.5. The molecule has 0 aromatic heterocycles. The number of ether oxygens (including phenoxy) is 1. The fourth-order valence-corrected chi connectivity index (χ4v) is 2.25. The molecule has 2 rings (SSSR count). The first-order valence-corrected chi connectivity index (χ1v) is 7.45. The molecule has 0 amide bonds. The zero-order valence-electron chi connectivity index (χ0n) is 11.9. The fraction of sp³-hybridized carbons (Fsp3) is 0.176. The predicted octanol–water partition coefficient (Wildman–Crippen LogP) is 4.35. The second-order valence-corrected chi connectivity index (χ2v) is 5.68. The zero-order chi connectivity index (χ0) is 16.1. The highest BCUT2D eigenvalue weighted by Gasteiger charge is 2.19. The molecule has 0 fully saturated rings. The summed E-state index contributed by atoms with van der Waals surface area (Å²) in [6, 6.07) is 13.4. The number of rotatable bonds is 5. The number of carbonyl (C=O) groups excluding carboxylic acids is 2. The van der Waals surface area contributed by atoms with Crippen LogP contribution in [0.1, 0.15) is 22.8 Å². The number of esters is 1. The van der Waals surface area contributed by atoms with E-state index in [4.69, 9.17) is 27.9 Å². The molecule has 0 N–H and O–H groups in total. The Kier molecular flexibility index (Phi) is 5.58. The number of hydrogen-bond acceptors (Lipinski definition) is 3. The molecule has 0 radical (unpaired) electrons. The minimum atomic E-state index is -0.863. The van der Waals surface area contributed by atoms with Crippen LogP contribution < -0.4 is 0 Å². The van der Waals surface area contributed by atoms with Crippen molar-refractivity contribution in [2.24, 2.45) is 0 Å². The van der Waals surface area contributed by atoms with Gasteiger partial charge in [0, 0.05) is 15.6 Å². The quantitative estimate of drug-likeness (QED) is 0.602. The summed E-state index contributed by atoms with van der Waals surface area (Å²) in [7, 11) is 0. The maximum atomic E-state index is 12.2. The van der Waals surface area contributed by atoms with Crippen molar-refractivity contribution in [1.29, 1.82) is 0 Å². The van der Waals surface area contributed by atoms with Crippen molar-refractivity contribution in [2.45, 2.75) is 19.4 Å². The van der Waals surface area contributed by atoms with Gasteiger partial charge in [-0.2, -0.15) is 0 Å². The summed E-state index contributed by atoms with van der Waals surface area (Å²) < 4.78 is 5.18. The summed E-state index contributed by atoms with van der Waals surface area (Å²) in [5.41, 5.74) is 1.19. The molecule has 2 aromatic carbocycles. The summed E-state index contributed by atoms with van der Waals surface area (Å²) in [6.45, 7) is 1.54. The fourth-order valence-electron chi connectivity index (χ4n) is 1.94. The molecule has 0 heterocycles. The van der Waals surface area contributed by atoms with Gasteiger partial charge in [-0.25, -0.2) is 0 Å². The van der Waals surface area contributed by atoms with Gasteiger partial charge >= 0.3 is 5.97 Å². The highest BCUT2D eigenvalue weighted by atomic mass is 35.5. The van der Waals surface area contributed by atoms with Gasteiger partial charge in [0.1, 0.15) is 0 Å². The van der Waals surface area contributed by atoms with Crippen LogP contribution >= 0.6 is 23.2 Å². The molecule has 22 heavy (non-hydrogen) atoms. The second-order valence-electron chi connectivity index (χ2n) is 4.81. The Labute approximate surface area is 138 Å². The van der Waals surface area contributed by atoms with Crippen molar-refractivity contribution in [2.75, 3.05) is 0 Å². The molecule has 0 aliphatic heterocycles. The van der Waals surface area contributed by atoms with E-state index in [2.05, 4.69) is 0 Å². The third-order valence-electron chi connectivity index (χ3n) is 3.05. The normalized spacial score (nSPS) is 11.8. The molecule has 1 atom stereocenters. The van der Waals surface area contributed by atoms with Crippen LogP contribution in [0.15, 0.2) is 48.5 Å². The van der Waals surface area contributed by atoms with E-state index in [1.54, 1.807) is 55.5 Å². The minimum absolute atomic E-state index is 0.0876. The molecule has 0 saturated heterocycles. The second kappa shape index (κ2) is 7.43. The van der Waals surface area contributed by atoms with E-state index in [1.807, 2.05) is 0 Å². The molecular formula is C17H14Cl2O3. The van der Waals surface area contributed by atoms with Crippen molar-refractivity contribution in [3.63, 3.8) is 0 Å². The van der Waals surface area contributed by atoms with Crippen molar-refractivity contribution in [3.8, 4) is 0 Å². The van der Waals surface area contributed by atoms with Crippen LogP contribution in [0, 0.1) is 0 Å². The molecule has 0 aliphatic carbocycles. The lowest BCUT2D eigenvalue weighted by molar-refractivity contribution is -0.145. The lowest BCUT2D eigenvalue weighted by atomic mass is 10.1. The Bertz CT molecular complexity index is 681. The first-order chi connectivity index (χ1) is 10.5. The van der Waals surface area contributed by atoms with Gasteiger partial charge in [0.15, 0.2) is 6.10 Å². The van der Waals surface area contributed by atoms with Crippen molar-refractivity contribution < 1.29 is 14.3 Å². The molecular weight excluding hydrogens is 323 g/mol. The minimum Gasteiger partial charge on any atom is -0.454 e. The van der Waals surface area contributed by atoms with Gasteiger partial charge in [-0.1, -0.05) is 47.5 Å². The number of ketones is 1. The van der Waals surface area contributed by atoms with Crippen LogP contribution in [0.5, 0.6) is 0 Å². The number of halogens is 2. The third kappa shape index (κ3) is 4.58. The van der Waals surface area contributed by atoms with E-state index in [0.29, 0.717) is 15.6 Å². The van der Waals surface area contributed by atoms with E-state index in [1.165, 1.54) is 0 Å². The van der Waals surface area contributed by atoms with E-state index in [-0.39, 0.29) is 12.2 Å². The molecule has 0 saturated carbocycles. The molecule has 5 heteroatoms. The predicted molar refractivity (Wildman–Crippen MR) is 86.5 cm³/mol. The van der Waals surface area contributed by atoms with E-state index >= 15 is 0 Å². The Morgan fingerprint density at radius 3 is 2.36 bits per heavy atom. The lowest BCUT2D eigenvalue weighted by Gasteiger charge is -2.12. The van der Waals surface area contributed by atoms with Crippen LogP contribution in [-0.4, -0.2) is 17.9 Å². The summed E-state index contributed by atoms with van der Waals surface area (Å²) >= 11 is 11.6. The Morgan fingerprint density at radius 1 is 1.05 bits per heavy atom. The summed E-state index contributed by atoms with van der Waals surface area (Å²) in [5.74, 6) is -0.753. The standard InChI is InChI=1S/C17H14Cl2O3/c1-11(17(21)13-3-2-4-15(19)10-13)22-16(20)9-12-5-7-14(18)8-6-12/h2-8,10-11H,9H2,1H3. The van der Waals surface area contributed by atoms with E-state index in [0.717, 1.165) is 5.56 Å². The van der Waals surface area contributed by atoms with Gasteiger partial charge < -0.3 is 4.74 Å². The number of Topliss-reactive ketones (excluding diaryl/α,β-unsaturated/α-hetero) is 1. The summed E-state index contributed by atoms with van der Waals surface area (Å²) in [5, 5.41) is 1.06. The van der Waals surface area contributed by atoms with E-state index in [9.17, 15) is 9.59 Å². The average molecular weight is 337 g/mol. The molecule has 0 bridgehead atoms. The Balaban J connectivity index is 1.96. The average Bonchev–Trinajstić information content (AvgIpc) is 2.48. The molecule has 0 aliphatic rings. The Morgan fingerprint density at radius 2 is 1.73 bits per heavy atom. The maximum Gasteiger partial charge on any atom is 0.310 e. The van der Waals surface area contributed by atoms with E-state index < -0.39 is 12.1 Å². The SMILES string of the molecule is CC(OC(=O)Cc1ccc(Cl)cc1)C(=O)c1cccc(Cl)c1. The van der Waals surface area contributed by atoms with Crippen LogP contribution in [0.2, 0.25) is 10.0 Å². The molecule has 2 aromatic rings. The smallest absolute Gasteiger partial charge is 0.310 e. The van der Waals surface area contributed by atoms with Crippen LogP contribution in [0.3, 0.4) is 0 Å². The lowest BCUT2D eigenvalue weighted by Crippen LogP contribution is -2.25. The first-order valence-electron chi connectivity index (χ1n) is 6.69. The van der Waals surface area contributed by atoms with Crippen LogP contribution in [-0.2, 0) is 16.0 Å². The van der Waals surface area contributed by atoms with Gasteiger partial charge in [0.05, 0.1) is 6.42 Å². The van der Waals surface area contributed by atoms with Gasteiger partial charge in [0.25, 0.3) is 0 Å². The number of carbonyl (C=O) groups is 2. The number of benzene rings is 2. The van der Waals surface area contributed by atoms with Gasteiger partial charge in [0.2, 0.25) is 5.78 Å². The van der Waals surface area contributed by atoms with Crippen molar-refractivity contribution in [3.05, 3.63) is 69.7 Å². The largest absolute Gasteiger partial charge is 0.454 e. The monoisotopic (exact) mass is 336 g/mol.